The van der Waals surface area contributed by atoms with Crippen LogP contribution >= 0.6 is 11.8 Å². The number of H-pyrrole nitrogens is 1. The molecule has 3 aromatic rings. The van der Waals surface area contributed by atoms with Crippen molar-refractivity contribution in [2.45, 2.75) is 9.92 Å². The summed E-state index contributed by atoms with van der Waals surface area (Å²) in [6.45, 7) is 0. The van der Waals surface area contributed by atoms with Gasteiger partial charge in [0.25, 0.3) is 0 Å². The van der Waals surface area contributed by atoms with E-state index in [0.29, 0.717) is 15.6 Å². The lowest BCUT2D eigenvalue weighted by atomic mass is 10.3. The van der Waals surface area contributed by atoms with E-state index in [2.05, 4.69) is 15.3 Å². The molecule has 0 saturated carbocycles. The van der Waals surface area contributed by atoms with Crippen molar-refractivity contribution in [1.82, 2.24) is 19.8 Å². The molecular weight excluding hydrogens is 274 g/mol. The molecule has 5 nitrogen and oxygen atoms in total. The number of nitrogens with one attached hydrogen (secondary N) is 1. The Hall–Kier alpha value is -2.22. The highest BCUT2D eigenvalue weighted by Gasteiger charge is 2.07. The van der Waals surface area contributed by atoms with Crippen molar-refractivity contribution < 1.29 is 8.78 Å². The van der Waals surface area contributed by atoms with Gasteiger partial charge in [-0.15, -0.1) is 0 Å². The molecule has 0 atom stereocenters. The van der Waals surface area contributed by atoms with Gasteiger partial charge in [-0.1, -0.05) is 11.8 Å². The predicted molar refractivity (Wildman–Crippen MR) is 64.1 cm³/mol. The van der Waals surface area contributed by atoms with E-state index in [4.69, 9.17) is 0 Å². The largest absolute Gasteiger partial charge is 0.364 e. The van der Waals surface area contributed by atoms with Gasteiger partial charge in [-0.05, 0) is 30.3 Å². The van der Waals surface area contributed by atoms with Crippen LogP contribution in [0.2, 0.25) is 0 Å². The second-order valence-corrected chi connectivity index (χ2v) is 4.74. The molecule has 2 heterocycles. The number of aromatic amines is 1. The summed E-state index contributed by atoms with van der Waals surface area (Å²) in [6, 6.07) is 6.80. The summed E-state index contributed by atoms with van der Waals surface area (Å²) >= 11 is 1.12. The van der Waals surface area contributed by atoms with Gasteiger partial charge in [0.05, 0.1) is 0 Å². The van der Waals surface area contributed by atoms with Crippen LogP contribution in [0.25, 0.3) is 5.65 Å². The van der Waals surface area contributed by atoms with Crippen LogP contribution in [0.1, 0.15) is 0 Å². The van der Waals surface area contributed by atoms with Gasteiger partial charge < -0.3 is 0 Å². The van der Waals surface area contributed by atoms with Crippen molar-refractivity contribution in [3.8, 4) is 0 Å². The van der Waals surface area contributed by atoms with Crippen LogP contribution in [-0.2, 0) is 0 Å². The molecule has 3 rings (SSSR count). The van der Waals surface area contributed by atoms with E-state index in [1.165, 1.54) is 6.07 Å². The lowest BCUT2D eigenvalue weighted by molar-refractivity contribution is 0.506. The summed E-state index contributed by atoms with van der Waals surface area (Å²) in [5.74, 6) is -1.83. The monoisotopic (exact) mass is 280 g/mol. The molecular formula is C11H6F2N4OS. The van der Waals surface area contributed by atoms with Crippen LogP contribution < -0.4 is 5.69 Å². The van der Waals surface area contributed by atoms with E-state index in [9.17, 15) is 13.6 Å². The highest BCUT2D eigenvalue weighted by atomic mass is 32.2. The molecule has 0 radical (unpaired) electrons. The number of halogens is 2. The fraction of sp³-hybridized carbons (Fsp3) is 0. The molecule has 1 aromatic carbocycles. The summed E-state index contributed by atoms with van der Waals surface area (Å²) < 4.78 is 27.0. The molecule has 0 fully saturated rings. The average molecular weight is 280 g/mol. The molecule has 0 aliphatic rings. The Morgan fingerprint density at radius 1 is 1.16 bits per heavy atom. The van der Waals surface area contributed by atoms with E-state index in [1.54, 1.807) is 12.1 Å². The Balaban J connectivity index is 1.98. The average Bonchev–Trinajstić information content (AvgIpc) is 2.76. The van der Waals surface area contributed by atoms with E-state index < -0.39 is 17.3 Å². The maximum absolute atomic E-state index is 13.1. The summed E-state index contributed by atoms with van der Waals surface area (Å²) in [5, 5.41) is 10.5. The summed E-state index contributed by atoms with van der Waals surface area (Å²) in [4.78, 5) is 11.8. The molecule has 0 saturated heterocycles. The minimum absolute atomic E-state index is 0.389. The van der Waals surface area contributed by atoms with Crippen molar-refractivity contribution in [1.29, 1.82) is 0 Å². The Morgan fingerprint density at radius 2 is 2.00 bits per heavy atom. The Labute approximate surface area is 109 Å². The van der Waals surface area contributed by atoms with E-state index in [0.717, 1.165) is 28.4 Å². The van der Waals surface area contributed by atoms with E-state index >= 15 is 0 Å². The van der Waals surface area contributed by atoms with Gasteiger partial charge in [-0.3, -0.25) is 0 Å². The fourth-order valence-corrected chi connectivity index (χ4v) is 2.30. The van der Waals surface area contributed by atoms with E-state index in [-0.39, 0.29) is 0 Å². The molecule has 0 amide bonds. The number of aromatic nitrogens is 4. The molecule has 2 aromatic heterocycles. The van der Waals surface area contributed by atoms with Crippen LogP contribution in [0, 0.1) is 11.6 Å². The first-order valence-corrected chi connectivity index (χ1v) is 6.02. The quantitative estimate of drug-likeness (QED) is 0.778. The van der Waals surface area contributed by atoms with Crippen molar-refractivity contribution in [2.75, 3.05) is 0 Å². The third-order valence-electron chi connectivity index (χ3n) is 2.36. The van der Waals surface area contributed by atoms with Crippen LogP contribution in [-0.4, -0.2) is 19.8 Å². The van der Waals surface area contributed by atoms with Crippen LogP contribution in [0.4, 0.5) is 8.78 Å². The smallest absolute Gasteiger partial charge is 0.244 e. The molecule has 0 aliphatic heterocycles. The number of benzene rings is 1. The third kappa shape index (κ3) is 2.22. The van der Waals surface area contributed by atoms with Crippen LogP contribution in [0.15, 0.2) is 45.0 Å². The predicted octanol–water partition coefficient (Wildman–Crippen LogP) is 1.85. The first-order chi connectivity index (χ1) is 9.13. The van der Waals surface area contributed by atoms with Gasteiger partial charge in [0.1, 0.15) is 5.03 Å². The minimum atomic E-state index is -0.924. The second-order valence-electron chi connectivity index (χ2n) is 3.65. The number of hydrogen-bond donors (Lipinski definition) is 1. The lowest BCUT2D eigenvalue weighted by Crippen LogP contribution is -2.12. The highest BCUT2D eigenvalue weighted by molar-refractivity contribution is 7.99. The first-order valence-electron chi connectivity index (χ1n) is 5.21. The zero-order chi connectivity index (χ0) is 13.4. The normalized spacial score (nSPS) is 11.1. The number of nitrogens with zero attached hydrogens (tertiary/aromatic N) is 3. The zero-order valence-electron chi connectivity index (χ0n) is 9.30. The van der Waals surface area contributed by atoms with Crippen LogP contribution in [0.3, 0.4) is 0 Å². The van der Waals surface area contributed by atoms with Crippen molar-refractivity contribution in [3.05, 3.63) is 52.5 Å². The summed E-state index contributed by atoms with van der Waals surface area (Å²) in [5.41, 5.74) is -0.0672. The Morgan fingerprint density at radius 3 is 2.79 bits per heavy atom. The maximum atomic E-state index is 13.1. The van der Waals surface area contributed by atoms with Gasteiger partial charge >= 0.3 is 5.69 Å². The highest BCUT2D eigenvalue weighted by Crippen LogP contribution is 2.26. The first kappa shape index (κ1) is 11.8. The lowest BCUT2D eigenvalue weighted by Gasteiger charge is -2.01. The minimum Gasteiger partial charge on any atom is -0.244 e. The molecule has 0 spiro atoms. The number of hydrogen-bond acceptors (Lipinski definition) is 4. The number of fused-ring (bicyclic) bond motifs is 1. The van der Waals surface area contributed by atoms with Crippen molar-refractivity contribution in [2.24, 2.45) is 0 Å². The number of rotatable bonds is 2. The summed E-state index contributed by atoms with van der Waals surface area (Å²) in [7, 11) is 0. The van der Waals surface area contributed by atoms with E-state index in [1.807, 2.05) is 0 Å². The molecule has 1 N–H and O–H groups in total. The van der Waals surface area contributed by atoms with Crippen molar-refractivity contribution >= 4 is 17.4 Å². The van der Waals surface area contributed by atoms with Gasteiger partial charge in [-0.25, -0.2) is 18.7 Å². The Bertz CT molecular complexity index is 814. The Kier molecular flexibility index (Phi) is 2.79. The van der Waals surface area contributed by atoms with Crippen molar-refractivity contribution in [3.63, 3.8) is 0 Å². The maximum Gasteiger partial charge on any atom is 0.364 e. The SMILES string of the molecule is O=c1[nH]nc2ccc(Sc3ccc(F)c(F)c3)nn12. The topological polar surface area (TPSA) is 63.0 Å². The van der Waals surface area contributed by atoms with Gasteiger partial charge in [-0.2, -0.15) is 14.7 Å². The van der Waals surface area contributed by atoms with Gasteiger partial charge in [0.2, 0.25) is 0 Å². The summed E-state index contributed by atoms with van der Waals surface area (Å²) in [6.07, 6.45) is 0. The standard InChI is InChI=1S/C11H6F2N4OS/c12-7-2-1-6(5-8(7)13)19-10-4-3-9-14-15-11(18)17(9)16-10/h1-5H,(H,15,18). The second kappa shape index (κ2) is 4.47. The van der Waals surface area contributed by atoms with Gasteiger partial charge in [0.15, 0.2) is 17.3 Å². The molecule has 96 valence electrons. The molecule has 0 aliphatic carbocycles. The van der Waals surface area contributed by atoms with Crippen LogP contribution in [0.5, 0.6) is 0 Å². The third-order valence-corrected chi connectivity index (χ3v) is 3.28. The van der Waals surface area contributed by atoms with Gasteiger partial charge in [0, 0.05) is 4.90 Å². The molecule has 0 bridgehead atoms. The molecule has 19 heavy (non-hydrogen) atoms. The zero-order valence-corrected chi connectivity index (χ0v) is 10.1. The molecule has 0 unspecified atom stereocenters. The fourth-order valence-electron chi connectivity index (χ4n) is 1.50. The molecule has 8 heteroatoms.